The number of ether oxygens (including phenoxy) is 1. The molecule has 0 bridgehead atoms. The van der Waals surface area contributed by atoms with E-state index in [-0.39, 0.29) is 24.8 Å². The zero-order valence-corrected chi connectivity index (χ0v) is 14.1. The van der Waals surface area contributed by atoms with Gasteiger partial charge in [-0.05, 0) is 30.2 Å². The van der Waals surface area contributed by atoms with E-state index >= 15 is 0 Å². The summed E-state index contributed by atoms with van der Waals surface area (Å²) in [6.45, 7) is 6.51. The van der Waals surface area contributed by atoms with Crippen molar-refractivity contribution in [1.29, 1.82) is 0 Å². The van der Waals surface area contributed by atoms with Crippen LogP contribution in [-0.4, -0.2) is 44.3 Å². The van der Waals surface area contributed by atoms with Gasteiger partial charge in [-0.15, -0.1) is 36.2 Å². The molecule has 0 amide bonds. The SMILES string of the molecule is Cl.Cl.c1csc(C(C2CCOCC2)N2CCNCC2)c1. The van der Waals surface area contributed by atoms with Crippen LogP contribution in [0.5, 0.6) is 0 Å². The molecule has 1 aromatic rings. The van der Waals surface area contributed by atoms with Crippen molar-refractivity contribution in [1.82, 2.24) is 10.2 Å². The van der Waals surface area contributed by atoms with Crippen LogP contribution < -0.4 is 5.32 Å². The summed E-state index contributed by atoms with van der Waals surface area (Å²) < 4.78 is 5.53. The first-order valence-corrected chi connectivity index (χ1v) is 7.89. The van der Waals surface area contributed by atoms with Crippen LogP contribution in [0.25, 0.3) is 0 Å². The van der Waals surface area contributed by atoms with Crippen molar-refractivity contribution >= 4 is 36.2 Å². The lowest BCUT2D eigenvalue weighted by atomic mass is 9.89. The molecule has 0 aliphatic carbocycles. The van der Waals surface area contributed by atoms with Crippen LogP contribution in [-0.2, 0) is 4.74 Å². The molecular formula is C14H24Cl2N2OS. The minimum absolute atomic E-state index is 0. The smallest absolute Gasteiger partial charge is 0.0472 e. The minimum Gasteiger partial charge on any atom is -0.381 e. The summed E-state index contributed by atoms with van der Waals surface area (Å²) in [5, 5.41) is 5.67. The fourth-order valence-corrected chi connectivity index (χ4v) is 4.11. The predicted octanol–water partition coefficient (Wildman–Crippen LogP) is 2.96. The van der Waals surface area contributed by atoms with Crippen molar-refractivity contribution in [3.8, 4) is 0 Å². The molecule has 6 heteroatoms. The summed E-state index contributed by atoms with van der Waals surface area (Å²) in [5.41, 5.74) is 0. The first-order valence-electron chi connectivity index (χ1n) is 7.01. The second-order valence-electron chi connectivity index (χ2n) is 5.20. The Hall–Kier alpha value is 0.160. The van der Waals surface area contributed by atoms with Gasteiger partial charge in [0.1, 0.15) is 0 Å². The van der Waals surface area contributed by atoms with Crippen molar-refractivity contribution in [3.63, 3.8) is 0 Å². The summed E-state index contributed by atoms with van der Waals surface area (Å²) in [7, 11) is 0. The number of piperazine rings is 1. The molecule has 3 rings (SSSR count). The lowest BCUT2D eigenvalue weighted by molar-refractivity contribution is 0.0223. The summed E-state index contributed by atoms with van der Waals surface area (Å²) in [4.78, 5) is 4.22. The second kappa shape index (κ2) is 9.23. The number of thiophene rings is 1. The highest BCUT2D eigenvalue weighted by Gasteiger charge is 2.31. The van der Waals surface area contributed by atoms with E-state index in [0.29, 0.717) is 6.04 Å². The molecule has 2 aliphatic rings. The molecule has 1 aromatic heterocycles. The first kappa shape index (κ1) is 18.2. The van der Waals surface area contributed by atoms with Crippen molar-refractivity contribution in [2.75, 3.05) is 39.4 Å². The number of nitrogens with zero attached hydrogens (tertiary/aromatic N) is 1. The van der Waals surface area contributed by atoms with Crippen LogP contribution in [0.1, 0.15) is 23.8 Å². The average Bonchev–Trinajstić information content (AvgIpc) is 2.95. The van der Waals surface area contributed by atoms with E-state index in [0.717, 1.165) is 32.2 Å². The lowest BCUT2D eigenvalue weighted by Gasteiger charge is -2.40. The third kappa shape index (κ3) is 4.33. The van der Waals surface area contributed by atoms with Gasteiger partial charge in [-0.25, -0.2) is 0 Å². The van der Waals surface area contributed by atoms with Crippen LogP contribution >= 0.6 is 36.2 Å². The standard InChI is InChI=1S/C14H22N2OS.2ClH/c1-2-13(18-11-1)14(12-3-9-17-10-4-12)16-7-5-15-6-8-16;;/h1-2,11-12,14-15H,3-10H2;2*1H. The average molecular weight is 339 g/mol. The fraction of sp³-hybridized carbons (Fsp3) is 0.714. The van der Waals surface area contributed by atoms with Crippen LogP contribution in [0.15, 0.2) is 17.5 Å². The summed E-state index contributed by atoms with van der Waals surface area (Å²) >= 11 is 1.92. The molecule has 3 heterocycles. The maximum atomic E-state index is 5.53. The third-order valence-electron chi connectivity index (χ3n) is 4.09. The molecule has 20 heavy (non-hydrogen) atoms. The molecule has 1 unspecified atom stereocenters. The summed E-state index contributed by atoms with van der Waals surface area (Å²) in [5.74, 6) is 0.774. The number of nitrogens with one attached hydrogen (secondary N) is 1. The van der Waals surface area contributed by atoms with E-state index in [4.69, 9.17) is 4.74 Å². The lowest BCUT2D eigenvalue weighted by Crippen LogP contribution is -2.47. The minimum atomic E-state index is 0. The zero-order valence-electron chi connectivity index (χ0n) is 11.6. The molecule has 3 nitrogen and oxygen atoms in total. The van der Waals surface area contributed by atoms with E-state index in [9.17, 15) is 0 Å². The van der Waals surface area contributed by atoms with Gasteiger partial charge < -0.3 is 10.1 Å². The molecule has 1 atom stereocenters. The van der Waals surface area contributed by atoms with Gasteiger partial charge in [-0.2, -0.15) is 0 Å². The van der Waals surface area contributed by atoms with E-state index in [1.54, 1.807) is 4.88 Å². The van der Waals surface area contributed by atoms with Gasteiger partial charge in [0.2, 0.25) is 0 Å². The normalized spacial score (nSPS) is 22.6. The van der Waals surface area contributed by atoms with Crippen molar-refractivity contribution in [3.05, 3.63) is 22.4 Å². The predicted molar refractivity (Wildman–Crippen MR) is 89.5 cm³/mol. The molecular weight excluding hydrogens is 315 g/mol. The van der Waals surface area contributed by atoms with Crippen molar-refractivity contribution < 1.29 is 4.74 Å². The Morgan fingerprint density at radius 1 is 1.20 bits per heavy atom. The van der Waals surface area contributed by atoms with Gasteiger partial charge in [0.05, 0.1) is 0 Å². The van der Waals surface area contributed by atoms with Gasteiger partial charge in [-0.3, -0.25) is 4.90 Å². The summed E-state index contributed by atoms with van der Waals surface area (Å²) in [6.07, 6.45) is 2.43. The Kier molecular flexibility index (Phi) is 8.41. The van der Waals surface area contributed by atoms with Crippen LogP contribution in [0.4, 0.5) is 0 Å². The van der Waals surface area contributed by atoms with Gasteiger partial charge in [0.25, 0.3) is 0 Å². The fourth-order valence-electron chi connectivity index (χ4n) is 3.16. The molecule has 2 fully saturated rings. The Labute approximate surface area is 137 Å². The Morgan fingerprint density at radius 3 is 2.50 bits per heavy atom. The molecule has 0 spiro atoms. The van der Waals surface area contributed by atoms with E-state index < -0.39 is 0 Å². The number of hydrogen-bond acceptors (Lipinski definition) is 4. The van der Waals surface area contributed by atoms with Crippen molar-refractivity contribution in [2.24, 2.45) is 5.92 Å². The van der Waals surface area contributed by atoms with Gasteiger partial charge in [0, 0.05) is 50.3 Å². The maximum Gasteiger partial charge on any atom is 0.0472 e. The third-order valence-corrected chi connectivity index (χ3v) is 5.04. The maximum absolute atomic E-state index is 5.53. The first-order chi connectivity index (χ1) is 8.95. The number of rotatable bonds is 3. The van der Waals surface area contributed by atoms with E-state index in [1.807, 2.05) is 11.3 Å². The van der Waals surface area contributed by atoms with Gasteiger partial charge in [0.15, 0.2) is 0 Å². The Balaban J connectivity index is 0.000001000. The van der Waals surface area contributed by atoms with Crippen molar-refractivity contribution in [2.45, 2.75) is 18.9 Å². The van der Waals surface area contributed by atoms with Crippen LogP contribution in [0.2, 0.25) is 0 Å². The Bertz CT molecular complexity index is 334. The molecule has 0 aromatic carbocycles. The zero-order chi connectivity index (χ0) is 12.2. The number of hydrogen-bond donors (Lipinski definition) is 1. The van der Waals surface area contributed by atoms with Gasteiger partial charge in [-0.1, -0.05) is 6.07 Å². The topological polar surface area (TPSA) is 24.5 Å². The second-order valence-corrected chi connectivity index (χ2v) is 6.18. The molecule has 0 radical (unpaired) electrons. The highest BCUT2D eigenvalue weighted by Crippen LogP contribution is 2.37. The molecule has 0 saturated carbocycles. The van der Waals surface area contributed by atoms with Gasteiger partial charge >= 0.3 is 0 Å². The highest BCUT2D eigenvalue weighted by molar-refractivity contribution is 7.10. The highest BCUT2D eigenvalue weighted by atomic mass is 35.5. The Morgan fingerprint density at radius 2 is 1.90 bits per heavy atom. The van der Waals surface area contributed by atoms with Crippen LogP contribution in [0.3, 0.4) is 0 Å². The number of halogens is 2. The molecule has 2 aliphatic heterocycles. The largest absolute Gasteiger partial charge is 0.381 e. The molecule has 1 N–H and O–H groups in total. The van der Waals surface area contributed by atoms with Crippen LogP contribution in [0, 0.1) is 5.92 Å². The summed E-state index contributed by atoms with van der Waals surface area (Å²) in [6, 6.07) is 5.12. The monoisotopic (exact) mass is 338 g/mol. The quantitative estimate of drug-likeness (QED) is 0.916. The van der Waals surface area contributed by atoms with E-state index in [2.05, 4.69) is 27.7 Å². The molecule has 2 saturated heterocycles. The van der Waals surface area contributed by atoms with E-state index in [1.165, 1.54) is 25.9 Å². The molecule has 116 valence electrons.